The van der Waals surface area contributed by atoms with E-state index in [2.05, 4.69) is 15.5 Å². The van der Waals surface area contributed by atoms with Crippen molar-refractivity contribution in [3.8, 4) is 17.0 Å². The van der Waals surface area contributed by atoms with Crippen molar-refractivity contribution in [1.82, 2.24) is 10.2 Å². The summed E-state index contributed by atoms with van der Waals surface area (Å²) >= 11 is 0. The minimum absolute atomic E-state index is 0.0342. The Balaban J connectivity index is 1.61. The first-order valence-electron chi connectivity index (χ1n) is 9.07. The number of methoxy groups -OCH3 is 1. The Morgan fingerprint density at radius 3 is 2.64 bits per heavy atom. The van der Waals surface area contributed by atoms with Crippen LogP contribution in [-0.4, -0.2) is 29.0 Å². The second-order valence-corrected chi connectivity index (χ2v) is 6.66. The number of hydrogen-bond donors (Lipinski definition) is 2. The van der Waals surface area contributed by atoms with Crippen molar-refractivity contribution in [2.24, 2.45) is 0 Å². The molecule has 0 radical (unpaired) electrons. The molecule has 28 heavy (non-hydrogen) atoms. The monoisotopic (exact) mass is 377 g/mol. The molecule has 0 saturated carbocycles. The number of para-hydroxylation sites is 1. The predicted octanol–water partition coefficient (Wildman–Crippen LogP) is 4.30. The van der Waals surface area contributed by atoms with Crippen LogP contribution in [0.15, 0.2) is 48.5 Å². The van der Waals surface area contributed by atoms with Gasteiger partial charge in [0.25, 0.3) is 0 Å². The van der Waals surface area contributed by atoms with Gasteiger partial charge < -0.3 is 10.1 Å². The molecule has 0 aliphatic carbocycles. The summed E-state index contributed by atoms with van der Waals surface area (Å²) in [4.78, 5) is 24.6. The van der Waals surface area contributed by atoms with Crippen LogP contribution in [0.25, 0.3) is 11.3 Å². The maximum Gasteiger partial charge on any atom is 0.226 e. The number of Topliss-reactive ketones (excluding diaryl/α,β-unsaturated/α-hetero) is 1. The highest BCUT2D eigenvalue weighted by Crippen LogP contribution is 2.29. The lowest BCUT2D eigenvalue weighted by Crippen LogP contribution is -2.14. The largest absolute Gasteiger partial charge is 0.496 e. The van der Waals surface area contributed by atoms with E-state index in [-0.39, 0.29) is 24.5 Å². The fourth-order valence-electron chi connectivity index (χ4n) is 2.99. The van der Waals surface area contributed by atoms with Crippen molar-refractivity contribution in [1.29, 1.82) is 0 Å². The van der Waals surface area contributed by atoms with Gasteiger partial charge in [0.2, 0.25) is 5.91 Å². The second kappa shape index (κ2) is 8.52. The third kappa shape index (κ3) is 4.46. The molecule has 2 aromatic carbocycles. The van der Waals surface area contributed by atoms with Crippen LogP contribution in [0.4, 0.5) is 5.82 Å². The van der Waals surface area contributed by atoms with Crippen LogP contribution >= 0.6 is 0 Å². The molecule has 0 saturated heterocycles. The number of benzene rings is 2. The Bertz CT molecular complexity index is 1010. The van der Waals surface area contributed by atoms with E-state index in [9.17, 15) is 9.59 Å². The second-order valence-electron chi connectivity index (χ2n) is 6.66. The van der Waals surface area contributed by atoms with Crippen LogP contribution in [0.3, 0.4) is 0 Å². The van der Waals surface area contributed by atoms with Gasteiger partial charge in [-0.3, -0.25) is 14.7 Å². The highest BCUT2D eigenvalue weighted by atomic mass is 16.5. The summed E-state index contributed by atoms with van der Waals surface area (Å²) in [5.41, 5.74) is 4.21. The molecule has 0 spiro atoms. The predicted molar refractivity (Wildman–Crippen MR) is 109 cm³/mol. The molecule has 1 amide bonds. The molecule has 1 heterocycles. The minimum Gasteiger partial charge on any atom is -0.496 e. The van der Waals surface area contributed by atoms with Gasteiger partial charge >= 0.3 is 0 Å². The molecular formula is C22H23N3O3. The molecule has 1 aromatic heterocycles. The van der Waals surface area contributed by atoms with E-state index in [1.165, 1.54) is 0 Å². The lowest BCUT2D eigenvalue weighted by Gasteiger charge is -2.06. The molecule has 6 heteroatoms. The molecule has 0 bridgehead atoms. The maximum absolute atomic E-state index is 12.4. The van der Waals surface area contributed by atoms with Gasteiger partial charge in [0.1, 0.15) is 5.75 Å². The van der Waals surface area contributed by atoms with Gasteiger partial charge in [-0.25, -0.2) is 0 Å². The number of ether oxygens (including phenoxy) is 1. The van der Waals surface area contributed by atoms with Gasteiger partial charge in [0.15, 0.2) is 11.6 Å². The number of carbonyl (C=O) groups excluding carboxylic acids is 2. The fraction of sp³-hybridized carbons (Fsp3) is 0.227. The summed E-state index contributed by atoms with van der Waals surface area (Å²) in [5, 5.41) is 9.74. The molecule has 2 N–H and O–H groups in total. The summed E-state index contributed by atoms with van der Waals surface area (Å²) in [6.45, 7) is 3.84. The number of H-pyrrole nitrogens is 1. The Morgan fingerprint density at radius 1 is 1.07 bits per heavy atom. The SMILES string of the molecule is COc1ccccc1-c1cc(NC(=O)CCC(=O)c2cc(C)ccc2C)n[nH]1. The van der Waals surface area contributed by atoms with Gasteiger partial charge in [0.05, 0.1) is 12.8 Å². The normalized spacial score (nSPS) is 10.5. The topological polar surface area (TPSA) is 84.1 Å². The molecule has 0 aliphatic rings. The smallest absolute Gasteiger partial charge is 0.226 e. The third-order valence-corrected chi connectivity index (χ3v) is 4.52. The summed E-state index contributed by atoms with van der Waals surface area (Å²) < 4.78 is 5.34. The van der Waals surface area contributed by atoms with Crippen molar-refractivity contribution >= 4 is 17.5 Å². The van der Waals surface area contributed by atoms with Gasteiger partial charge in [-0.15, -0.1) is 0 Å². The highest BCUT2D eigenvalue weighted by Gasteiger charge is 2.14. The van der Waals surface area contributed by atoms with Crippen LogP contribution < -0.4 is 10.1 Å². The van der Waals surface area contributed by atoms with Crippen molar-refractivity contribution < 1.29 is 14.3 Å². The van der Waals surface area contributed by atoms with Gasteiger partial charge in [-0.2, -0.15) is 5.10 Å². The van der Waals surface area contributed by atoms with Crippen molar-refractivity contribution in [2.75, 3.05) is 12.4 Å². The van der Waals surface area contributed by atoms with E-state index in [1.807, 2.05) is 56.3 Å². The first kappa shape index (κ1) is 19.4. The number of hydrogen-bond acceptors (Lipinski definition) is 4. The Morgan fingerprint density at radius 2 is 1.86 bits per heavy atom. The minimum atomic E-state index is -0.253. The molecule has 3 aromatic rings. The number of ketones is 1. The average Bonchev–Trinajstić information content (AvgIpc) is 3.16. The molecule has 0 atom stereocenters. The van der Waals surface area contributed by atoms with Gasteiger partial charge in [0, 0.05) is 30.0 Å². The first-order valence-corrected chi connectivity index (χ1v) is 9.07. The van der Waals surface area contributed by atoms with E-state index < -0.39 is 0 Å². The zero-order valence-electron chi connectivity index (χ0n) is 16.2. The zero-order valence-corrected chi connectivity index (χ0v) is 16.2. The maximum atomic E-state index is 12.4. The summed E-state index contributed by atoms with van der Waals surface area (Å²) in [5.74, 6) is 0.832. The molecule has 6 nitrogen and oxygen atoms in total. The van der Waals surface area contributed by atoms with Crippen molar-refractivity contribution in [2.45, 2.75) is 26.7 Å². The number of aryl methyl sites for hydroxylation is 2. The molecular weight excluding hydrogens is 354 g/mol. The number of nitrogens with zero attached hydrogens (tertiary/aromatic N) is 1. The van der Waals surface area contributed by atoms with Crippen LogP contribution in [0.1, 0.15) is 34.3 Å². The lowest BCUT2D eigenvalue weighted by atomic mass is 9.99. The van der Waals surface area contributed by atoms with E-state index in [4.69, 9.17) is 4.74 Å². The van der Waals surface area contributed by atoms with Crippen LogP contribution in [-0.2, 0) is 4.79 Å². The molecule has 0 aliphatic heterocycles. The number of aromatic nitrogens is 2. The van der Waals surface area contributed by atoms with E-state index in [1.54, 1.807) is 13.2 Å². The molecule has 144 valence electrons. The van der Waals surface area contributed by atoms with Crippen LogP contribution in [0.2, 0.25) is 0 Å². The Hall–Kier alpha value is -3.41. The van der Waals surface area contributed by atoms with E-state index in [0.717, 1.165) is 22.4 Å². The summed E-state index contributed by atoms with van der Waals surface area (Å²) in [7, 11) is 1.60. The van der Waals surface area contributed by atoms with Gasteiger partial charge in [-0.05, 0) is 37.6 Å². The van der Waals surface area contributed by atoms with Crippen LogP contribution in [0, 0.1) is 13.8 Å². The van der Waals surface area contributed by atoms with Crippen LogP contribution in [0.5, 0.6) is 5.75 Å². The van der Waals surface area contributed by atoms with Crippen molar-refractivity contribution in [3.05, 3.63) is 65.2 Å². The number of amides is 1. The van der Waals surface area contributed by atoms with E-state index in [0.29, 0.717) is 17.1 Å². The standard InChI is InChI=1S/C22H23N3O3/c1-14-8-9-15(2)17(12-14)19(26)10-11-22(27)23-21-13-18(24-25-21)16-6-4-5-7-20(16)28-3/h4-9,12-13H,10-11H2,1-3H3,(H2,23,24,25,27). The first-order chi connectivity index (χ1) is 13.5. The number of aromatic amines is 1. The van der Waals surface area contributed by atoms with E-state index >= 15 is 0 Å². The van der Waals surface area contributed by atoms with Gasteiger partial charge in [-0.1, -0.05) is 29.8 Å². The molecule has 0 fully saturated rings. The quantitative estimate of drug-likeness (QED) is 0.601. The Kier molecular flexibility index (Phi) is 5.89. The molecule has 0 unspecified atom stereocenters. The number of nitrogens with one attached hydrogen (secondary N) is 2. The number of rotatable bonds is 7. The number of anilines is 1. The third-order valence-electron chi connectivity index (χ3n) is 4.52. The van der Waals surface area contributed by atoms with Crippen molar-refractivity contribution in [3.63, 3.8) is 0 Å². The molecule has 3 rings (SSSR count). The summed E-state index contributed by atoms with van der Waals surface area (Å²) in [6.07, 6.45) is 0.253. The average molecular weight is 377 g/mol. The lowest BCUT2D eigenvalue weighted by molar-refractivity contribution is -0.116. The fourth-order valence-corrected chi connectivity index (χ4v) is 2.99. The Labute approximate surface area is 163 Å². The zero-order chi connectivity index (χ0) is 20.1. The highest BCUT2D eigenvalue weighted by molar-refractivity contribution is 6.01. The number of carbonyl (C=O) groups is 2. The summed E-state index contributed by atoms with van der Waals surface area (Å²) in [6, 6.07) is 15.0.